The van der Waals surface area contributed by atoms with Crippen LogP contribution in [-0.4, -0.2) is 26.8 Å². The summed E-state index contributed by atoms with van der Waals surface area (Å²) < 4.78 is 1.54. The highest BCUT2D eigenvalue weighted by Crippen LogP contribution is 2.27. The third-order valence-electron chi connectivity index (χ3n) is 5.41. The van der Waals surface area contributed by atoms with Crippen LogP contribution < -0.4 is 10.9 Å². The van der Waals surface area contributed by atoms with E-state index in [4.69, 9.17) is 16.6 Å². The third kappa shape index (κ3) is 4.55. The number of nitrogens with zero attached hydrogens (tertiary/aromatic N) is 2. The molecule has 1 aromatic heterocycles. The molecule has 1 atom stereocenters. The predicted molar refractivity (Wildman–Crippen MR) is 123 cm³/mol. The van der Waals surface area contributed by atoms with E-state index in [0.717, 1.165) is 25.7 Å². The number of benzene rings is 2. The second-order valence-corrected chi connectivity index (χ2v) is 9.38. The van der Waals surface area contributed by atoms with Crippen LogP contribution in [0.1, 0.15) is 39.0 Å². The number of aromatic nitrogens is 2. The van der Waals surface area contributed by atoms with Gasteiger partial charge in [-0.15, -0.1) is 0 Å². The van der Waals surface area contributed by atoms with E-state index in [-0.39, 0.29) is 22.8 Å². The lowest BCUT2D eigenvalue weighted by Gasteiger charge is -2.24. The Morgan fingerprint density at radius 3 is 2.70 bits per heavy atom. The summed E-state index contributed by atoms with van der Waals surface area (Å²) in [5.41, 5.74) is 1.07. The van der Waals surface area contributed by atoms with Gasteiger partial charge in [0, 0.05) is 11.1 Å². The van der Waals surface area contributed by atoms with Crippen molar-refractivity contribution in [3.05, 3.63) is 63.9 Å². The fraction of sp³-hybridized carbons (Fsp3) is 0.348. The number of fused-ring (bicyclic) bond motifs is 1. The van der Waals surface area contributed by atoms with Crippen LogP contribution in [0.5, 0.6) is 0 Å². The molecule has 156 valence electrons. The highest BCUT2D eigenvalue weighted by atomic mass is 35.5. The molecule has 30 heavy (non-hydrogen) atoms. The number of thioether (sulfide) groups is 1. The summed E-state index contributed by atoms with van der Waals surface area (Å²) in [6, 6.07) is 14.6. The molecule has 1 saturated carbocycles. The van der Waals surface area contributed by atoms with Gasteiger partial charge in [-0.3, -0.25) is 14.2 Å². The Labute approximate surface area is 184 Å². The van der Waals surface area contributed by atoms with E-state index in [9.17, 15) is 9.59 Å². The van der Waals surface area contributed by atoms with E-state index < -0.39 is 0 Å². The van der Waals surface area contributed by atoms with Crippen molar-refractivity contribution in [2.45, 2.75) is 55.5 Å². The first-order chi connectivity index (χ1) is 14.5. The summed E-state index contributed by atoms with van der Waals surface area (Å²) in [5, 5.41) is 4.32. The molecule has 1 fully saturated rings. The zero-order chi connectivity index (χ0) is 21.1. The molecule has 4 rings (SSSR count). The molecule has 1 aliphatic rings. The van der Waals surface area contributed by atoms with Gasteiger partial charge in [-0.25, -0.2) is 4.98 Å². The number of carbonyl (C=O) groups is 1. The quantitative estimate of drug-likeness (QED) is 0.448. The lowest BCUT2D eigenvalue weighted by molar-refractivity contribution is -0.121. The molecule has 0 aliphatic heterocycles. The monoisotopic (exact) mass is 441 g/mol. The van der Waals surface area contributed by atoms with Crippen LogP contribution in [0.15, 0.2) is 58.5 Å². The molecule has 0 bridgehead atoms. The number of rotatable bonds is 5. The summed E-state index contributed by atoms with van der Waals surface area (Å²) in [5.74, 6) is -0.0213. The number of para-hydroxylation sites is 1. The molecule has 3 aromatic rings. The lowest BCUT2D eigenvalue weighted by Crippen LogP contribution is -2.40. The maximum absolute atomic E-state index is 13.3. The average molecular weight is 442 g/mol. The Balaban J connectivity index is 1.69. The van der Waals surface area contributed by atoms with Gasteiger partial charge in [0.1, 0.15) is 0 Å². The molecule has 1 N–H and O–H groups in total. The Kier molecular flexibility index (Phi) is 6.44. The van der Waals surface area contributed by atoms with Gasteiger partial charge in [0.2, 0.25) is 5.91 Å². The summed E-state index contributed by atoms with van der Waals surface area (Å²) in [6.07, 6.45) is 5.62. The Bertz CT molecular complexity index is 1120. The number of carbonyl (C=O) groups excluding carboxylic acids is 1. The largest absolute Gasteiger partial charge is 0.352 e. The molecule has 1 amide bonds. The van der Waals surface area contributed by atoms with Gasteiger partial charge in [-0.2, -0.15) is 0 Å². The Morgan fingerprint density at radius 1 is 1.17 bits per heavy atom. The average Bonchev–Trinajstić information content (AvgIpc) is 2.74. The smallest absolute Gasteiger partial charge is 0.266 e. The van der Waals surface area contributed by atoms with E-state index in [1.807, 2.05) is 31.2 Å². The molecule has 1 aliphatic carbocycles. The van der Waals surface area contributed by atoms with Crippen molar-refractivity contribution in [1.82, 2.24) is 14.9 Å². The van der Waals surface area contributed by atoms with Gasteiger partial charge in [-0.1, -0.05) is 60.8 Å². The molecule has 2 aromatic carbocycles. The molecule has 0 spiro atoms. The van der Waals surface area contributed by atoms with Gasteiger partial charge >= 0.3 is 0 Å². The maximum atomic E-state index is 13.3. The maximum Gasteiger partial charge on any atom is 0.266 e. The van der Waals surface area contributed by atoms with Crippen LogP contribution in [0.25, 0.3) is 16.6 Å². The van der Waals surface area contributed by atoms with Gasteiger partial charge < -0.3 is 5.32 Å². The van der Waals surface area contributed by atoms with Crippen molar-refractivity contribution in [3.8, 4) is 5.69 Å². The van der Waals surface area contributed by atoms with E-state index in [0.29, 0.717) is 26.8 Å². The van der Waals surface area contributed by atoms with Crippen LogP contribution in [0.2, 0.25) is 5.02 Å². The minimum atomic E-state index is -0.384. The number of hydrogen-bond donors (Lipinski definition) is 1. The van der Waals surface area contributed by atoms with E-state index >= 15 is 0 Å². The van der Waals surface area contributed by atoms with Crippen molar-refractivity contribution < 1.29 is 4.79 Å². The summed E-state index contributed by atoms with van der Waals surface area (Å²) in [6.45, 7) is 1.85. The van der Waals surface area contributed by atoms with Gasteiger partial charge in [0.25, 0.3) is 5.56 Å². The van der Waals surface area contributed by atoms with Crippen LogP contribution in [0, 0.1) is 0 Å². The Hall–Kier alpha value is -2.31. The second kappa shape index (κ2) is 9.23. The molecule has 0 unspecified atom stereocenters. The minimum Gasteiger partial charge on any atom is -0.352 e. The lowest BCUT2D eigenvalue weighted by atomic mass is 9.95. The summed E-state index contributed by atoms with van der Waals surface area (Å²) in [7, 11) is 0. The standard InChI is InChI=1S/C23H24ClN3O2S/c1-15(21(28)25-17-9-3-2-4-10-17)30-23-26-20-13-6-5-12-19(20)22(29)27(23)18-11-7-8-16(24)14-18/h5-8,11-15,17H,2-4,9-10H2,1H3,(H,25,28)/t15-/m0/s1. The zero-order valence-electron chi connectivity index (χ0n) is 16.8. The molecule has 7 heteroatoms. The van der Waals surface area contributed by atoms with Gasteiger partial charge in [0.15, 0.2) is 5.16 Å². The van der Waals surface area contributed by atoms with Crippen molar-refractivity contribution in [3.63, 3.8) is 0 Å². The fourth-order valence-electron chi connectivity index (χ4n) is 3.81. The second-order valence-electron chi connectivity index (χ2n) is 7.64. The van der Waals surface area contributed by atoms with E-state index in [1.54, 1.807) is 28.8 Å². The number of nitrogens with one attached hydrogen (secondary N) is 1. The SMILES string of the molecule is C[C@H](Sc1nc2ccccc2c(=O)n1-c1cccc(Cl)c1)C(=O)NC1CCCCC1. The first-order valence-electron chi connectivity index (χ1n) is 10.3. The normalized spacial score (nSPS) is 15.8. The molecule has 1 heterocycles. The van der Waals surface area contributed by atoms with Crippen LogP contribution in [0.4, 0.5) is 0 Å². The van der Waals surface area contributed by atoms with Crippen LogP contribution in [0.3, 0.4) is 0 Å². The summed E-state index contributed by atoms with van der Waals surface area (Å²) >= 11 is 7.47. The molecular weight excluding hydrogens is 418 g/mol. The number of amides is 1. The highest BCUT2D eigenvalue weighted by Gasteiger charge is 2.23. The molecule has 0 radical (unpaired) electrons. The van der Waals surface area contributed by atoms with E-state index in [2.05, 4.69) is 5.32 Å². The third-order valence-corrected chi connectivity index (χ3v) is 6.70. The topological polar surface area (TPSA) is 64.0 Å². The number of halogens is 1. The first-order valence-corrected chi connectivity index (χ1v) is 11.5. The van der Waals surface area contributed by atoms with Crippen molar-refractivity contribution in [1.29, 1.82) is 0 Å². The first kappa shape index (κ1) is 20.9. The fourth-order valence-corrected chi connectivity index (χ4v) is 4.93. The Morgan fingerprint density at radius 2 is 1.93 bits per heavy atom. The van der Waals surface area contributed by atoms with Crippen LogP contribution in [-0.2, 0) is 4.79 Å². The molecular formula is C23H24ClN3O2S. The van der Waals surface area contributed by atoms with E-state index in [1.165, 1.54) is 18.2 Å². The summed E-state index contributed by atoms with van der Waals surface area (Å²) in [4.78, 5) is 30.8. The molecule has 0 saturated heterocycles. The van der Waals surface area contributed by atoms with Crippen molar-refractivity contribution >= 4 is 40.2 Å². The number of hydrogen-bond acceptors (Lipinski definition) is 4. The van der Waals surface area contributed by atoms with Crippen LogP contribution >= 0.6 is 23.4 Å². The highest BCUT2D eigenvalue weighted by molar-refractivity contribution is 8.00. The zero-order valence-corrected chi connectivity index (χ0v) is 18.4. The van der Waals surface area contributed by atoms with Crippen molar-refractivity contribution in [2.75, 3.05) is 0 Å². The minimum absolute atomic E-state index is 0.0213. The van der Waals surface area contributed by atoms with Gasteiger partial charge in [0.05, 0.1) is 21.8 Å². The predicted octanol–water partition coefficient (Wildman–Crippen LogP) is 4.97. The van der Waals surface area contributed by atoms with Crippen molar-refractivity contribution in [2.24, 2.45) is 0 Å². The van der Waals surface area contributed by atoms with Gasteiger partial charge in [-0.05, 0) is 50.1 Å². The molecule has 5 nitrogen and oxygen atoms in total.